The molecule has 0 bridgehead atoms. The molecule has 0 saturated carbocycles. The summed E-state index contributed by atoms with van der Waals surface area (Å²) >= 11 is 0. The van der Waals surface area contributed by atoms with Gasteiger partial charge in [0.15, 0.2) is 0 Å². The van der Waals surface area contributed by atoms with E-state index in [0.717, 1.165) is 123 Å². The van der Waals surface area contributed by atoms with Gasteiger partial charge in [-0.05, 0) is 124 Å². The molecule has 3 aromatic heterocycles. The molecular weight excluding hydrogens is 901 g/mol. The molecule has 3 N–H and O–H groups in total. The van der Waals surface area contributed by atoms with E-state index in [9.17, 15) is 19.2 Å². The first kappa shape index (κ1) is 46.4. The number of aromatic nitrogens is 7. The number of anilines is 4. The van der Waals surface area contributed by atoms with Crippen LogP contribution in [0.5, 0.6) is 0 Å². The second kappa shape index (κ2) is 18.9. The fourth-order valence-corrected chi connectivity index (χ4v) is 11.5. The fourth-order valence-electron chi connectivity index (χ4n) is 11.5. The van der Waals surface area contributed by atoms with Crippen LogP contribution in [0, 0.1) is 5.92 Å². The Morgan fingerprint density at radius 1 is 0.859 bits per heavy atom. The van der Waals surface area contributed by atoms with Crippen LogP contribution in [-0.2, 0) is 9.59 Å². The summed E-state index contributed by atoms with van der Waals surface area (Å²) in [6, 6.07) is 14.7. The lowest BCUT2D eigenvalue weighted by atomic mass is 9.96. The van der Waals surface area contributed by atoms with Crippen molar-refractivity contribution in [1.82, 2.24) is 60.3 Å². The summed E-state index contributed by atoms with van der Waals surface area (Å²) in [5, 5.41) is 26.7. The highest BCUT2D eigenvalue weighted by Crippen LogP contribution is 2.36. The third-order valence-electron chi connectivity index (χ3n) is 15.8. The Hall–Kier alpha value is -7.03. The Morgan fingerprint density at radius 3 is 2.44 bits per heavy atom. The number of aromatic amines is 1. The monoisotopic (exact) mass is 963 g/mol. The Labute approximate surface area is 412 Å². The molecule has 4 fully saturated rings. The van der Waals surface area contributed by atoms with Crippen molar-refractivity contribution in [3.05, 3.63) is 89.4 Å². The smallest absolute Gasteiger partial charge is 0.262 e. The van der Waals surface area contributed by atoms with E-state index < -0.39 is 11.9 Å². The number of tetrazole rings is 1. The molecule has 71 heavy (non-hydrogen) atoms. The minimum absolute atomic E-state index is 0.207. The van der Waals surface area contributed by atoms with Crippen molar-refractivity contribution in [3.63, 3.8) is 0 Å². The van der Waals surface area contributed by atoms with Crippen LogP contribution in [0.25, 0.3) is 22.2 Å². The Morgan fingerprint density at radius 2 is 1.65 bits per heavy atom. The van der Waals surface area contributed by atoms with Crippen LogP contribution in [0.15, 0.2) is 78.3 Å². The molecular formula is C51H62N16O4. The first-order valence-corrected chi connectivity index (χ1v) is 25.1. The van der Waals surface area contributed by atoms with Gasteiger partial charge in [-0.1, -0.05) is 11.7 Å². The Bertz CT molecular complexity index is 2950. The molecule has 4 saturated heterocycles. The van der Waals surface area contributed by atoms with Gasteiger partial charge >= 0.3 is 0 Å². The zero-order chi connectivity index (χ0) is 49.1. The van der Waals surface area contributed by atoms with Gasteiger partial charge in [-0.25, -0.2) is 9.67 Å². The predicted molar refractivity (Wildman–Crippen MR) is 270 cm³/mol. The molecule has 20 heteroatoms. The van der Waals surface area contributed by atoms with Gasteiger partial charge < -0.3 is 30.2 Å². The van der Waals surface area contributed by atoms with Gasteiger partial charge in [0.25, 0.3) is 17.7 Å². The molecule has 9 heterocycles. The third kappa shape index (κ3) is 8.81. The number of amides is 4. The number of allylic oxidation sites excluding steroid dienone is 2. The Kier molecular flexibility index (Phi) is 12.4. The number of piperidine rings is 2. The van der Waals surface area contributed by atoms with Gasteiger partial charge in [0, 0.05) is 118 Å². The quantitative estimate of drug-likeness (QED) is 0.161. The lowest BCUT2D eigenvalue weighted by Gasteiger charge is -2.42. The number of hydrogen-bond donors (Lipinski definition) is 3. The highest BCUT2D eigenvalue weighted by molar-refractivity contribution is 6.23. The Balaban J connectivity index is 0.629. The van der Waals surface area contributed by atoms with Crippen LogP contribution in [0.1, 0.15) is 73.2 Å². The number of piperazine rings is 2. The summed E-state index contributed by atoms with van der Waals surface area (Å²) in [6.07, 6.45) is 5.20. The zero-order valence-corrected chi connectivity index (χ0v) is 41.0. The van der Waals surface area contributed by atoms with Gasteiger partial charge in [-0.15, -0.1) is 0 Å². The molecule has 11 rings (SSSR count). The number of H-pyrrole nitrogens is 1. The molecule has 370 valence electrons. The molecule has 0 radical (unpaired) electrons. The van der Waals surface area contributed by atoms with Gasteiger partial charge in [-0.2, -0.15) is 5.10 Å². The van der Waals surface area contributed by atoms with Crippen molar-refractivity contribution in [2.75, 3.05) is 106 Å². The molecule has 5 aromatic rings. The number of likely N-dealkylation sites (tertiary alicyclic amines) is 1. The van der Waals surface area contributed by atoms with Crippen molar-refractivity contribution in [2.45, 2.75) is 64.6 Å². The number of carbonyl (C=O) groups excluding carboxylic acids is 4. The van der Waals surface area contributed by atoms with E-state index in [1.54, 1.807) is 10.7 Å². The highest BCUT2D eigenvalue weighted by Gasteiger charge is 2.44. The number of rotatable bonds is 11. The van der Waals surface area contributed by atoms with Gasteiger partial charge in [-0.3, -0.25) is 39.0 Å². The second-order valence-corrected chi connectivity index (χ2v) is 20.1. The standard InChI is InChI=1S/C51H62N16O4/c1-31-6-11-43(47(68)53-31)66-49(70)39-9-8-38(28-40(39)50(66)71)64-22-19-62(20-23-64)30-35-13-16-61(17-14-35)18-21-63-24-25-65(29-32(63)2)44-26-36(12-15-52-44)46-41-27-37(7-10-42(41)55-56-46)54-48(69)45-33(3)60(5)51-57-58-59-67(51)34(45)4/h7-10,12,15,26-28,32,34-35,43H,1,6,11,13-14,16-25,29-30H2,2-5H3,(H,53,68)(H,54,69)(H,55,56)/t32-,34-,43?/m0/s1. The maximum atomic E-state index is 13.7. The summed E-state index contributed by atoms with van der Waals surface area (Å²) < 4.78 is 1.66. The lowest BCUT2D eigenvalue weighted by molar-refractivity contribution is -0.125. The summed E-state index contributed by atoms with van der Waals surface area (Å²) in [7, 11) is 1.86. The van der Waals surface area contributed by atoms with Crippen LogP contribution >= 0.6 is 0 Å². The topological polar surface area (TPSA) is 200 Å². The van der Waals surface area contributed by atoms with Crippen molar-refractivity contribution in [3.8, 4) is 11.3 Å². The minimum Gasteiger partial charge on any atom is -0.369 e. The third-order valence-corrected chi connectivity index (χ3v) is 15.8. The van der Waals surface area contributed by atoms with E-state index in [4.69, 9.17) is 10.1 Å². The van der Waals surface area contributed by atoms with E-state index in [0.29, 0.717) is 58.8 Å². The van der Waals surface area contributed by atoms with Crippen LogP contribution in [0.4, 0.5) is 23.1 Å². The van der Waals surface area contributed by atoms with Crippen molar-refractivity contribution < 1.29 is 19.2 Å². The van der Waals surface area contributed by atoms with Crippen LogP contribution < -0.4 is 25.3 Å². The van der Waals surface area contributed by atoms with Gasteiger partial charge in [0.05, 0.1) is 28.3 Å². The normalized spacial score (nSPS) is 23.0. The number of imide groups is 1. The summed E-state index contributed by atoms with van der Waals surface area (Å²) in [6.45, 7) is 21.8. The molecule has 0 spiro atoms. The number of fused-ring (bicyclic) bond motifs is 3. The average Bonchev–Trinajstić information content (AvgIpc) is 4.10. The predicted octanol–water partition coefficient (Wildman–Crippen LogP) is 3.97. The molecule has 6 aliphatic rings. The molecule has 1 unspecified atom stereocenters. The molecule has 20 nitrogen and oxygen atoms in total. The minimum atomic E-state index is -0.806. The maximum absolute atomic E-state index is 13.7. The number of hydrogen-bond acceptors (Lipinski definition) is 15. The molecule has 0 aliphatic carbocycles. The first-order chi connectivity index (χ1) is 34.4. The largest absolute Gasteiger partial charge is 0.369 e. The van der Waals surface area contributed by atoms with Crippen LogP contribution in [0.3, 0.4) is 0 Å². The zero-order valence-electron chi connectivity index (χ0n) is 41.0. The van der Waals surface area contributed by atoms with Gasteiger partial charge in [0.2, 0.25) is 11.9 Å². The van der Waals surface area contributed by atoms with E-state index in [-0.39, 0.29) is 23.8 Å². The van der Waals surface area contributed by atoms with E-state index in [2.05, 4.69) is 75.3 Å². The SMILES string of the molecule is C=C1CCC(N2C(=O)c3ccc(N4CCN(CC5CCN(CCN6CCN(c7cc(-c8n[nH]c9ccc(NC(=O)C%10=C(C)N(C)c%11nnnn%11[C@H]%10C)cc89)ccn7)C[C@@H]6C)CC5)CC4)cc3C2=O)C(=O)N1. The number of nitrogens with one attached hydrogen (secondary N) is 3. The van der Waals surface area contributed by atoms with E-state index in [1.807, 2.05) is 68.4 Å². The number of benzene rings is 2. The molecule has 2 aromatic carbocycles. The highest BCUT2D eigenvalue weighted by atomic mass is 16.2. The number of pyridine rings is 1. The fraction of sp³-hybridized carbons (Fsp3) is 0.471. The molecule has 6 aliphatic heterocycles. The van der Waals surface area contributed by atoms with Gasteiger partial charge in [0.1, 0.15) is 17.6 Å². The summed E-state index contributed by atoms with van der Waals surface area (Å²) in [5.74, 6) is 0.867. The van der Waals surface area contributed by atoms with Crippen molar-refractivity contribution in [1.29, 1.82) is 0 Å². The van der Waals surface area contributed by atoms with E-state index in [1.165, 1.54) is 12.8 Å². The van der Waals surface area contributed by atoms with Crippen molar-refractivity contribution in [2.24, 2.45) is 5.92 Å². The van der Waals surface area contributed by atoms with Crippen molar-refractivity contribution >= 4 is 57.7 Å². The molecule has 3 atom stereocenters. The second-order valence-electron chi connectivity index (χ2n) is 20.1. The first-order valence-electron chi connectivity index (χ1n) is 25.1. The van der Waals surface area contributed by atoms with E-state index >= 15 is 0 Å². The maximum Gasteiger partial charge on any atom is 0.262 e. The number of carbonyl (C=O) groups is 4. The lowest BCUT2D eigenvalue weighted by Crippen LogP contribution is -2.54. The van der Waals surface area contributed by atoms with Crippen LogP contribution in [0.2, 0.25) is 0 Å². The van der Waals surface area contributed by atoms with Crippen LogP contribution in [-0.4, -0.2) is 176 Å². The summed E-state index contributed by atoms with van der Waals surface area (Å²) in [4.78, 5) is 73.4. The summed E-state index contributed by atoms with van der Waals surface area (Å²) in [5.41, 5.74) is 7.01. The average molecular weight is 963 g/mol. The number of nitrogens with zero attached hydrogens (tertiary/aromatic N) is 13. The molecule has 4 amide bonds.